The van der Waals surface area contributed by atoms with E-state index in [1.807, 2.05) is 6.92 Å². The number of hydrogen-bond acceptors (Lipinski definition) is 7. The highest BCUT2D eigenvalue weighted by molar-refractivity contribution is 7.09. The number of anilines is 1. The van der Waals surface area contributed by atoms with Gasteiger partial charge in [-0.3, -0.25) is 4.90 Å². The van der Waals surface area contributed by atoms with Crippen molar-refractivity contribution >= 4 is 22.5 Å². The second-order valence-electron chi connectivity index (χ2n) is 3.95. The van der Waals surface area contributed by atoms with Gasteiger partial charge in [-0.25, -0.2) is 4.98 Å². The number of amidine groups is 1. The molecule has 1 atom stereocenters. The van der Waals surface area contributed by atoms with Crippen LogP contribution in [0.1, 0.15) is 6.92 Å². The van der Waals surface area contributed by atoms with Gasteiger partial charge in [-0.15, -0.1) is 0 Å². The summed E-state index contributed by atoms with van der Waals surface area (Å²) in [5.41, 5.74) is 5.60. The molecule has 0 radical (unpaired) electrons. The molecule has 94 valence electrons. The first kappa shape index (κ1) is 12.1. The largest absolute Gasteiger partial charge is 0.409 e. The number of oxime groups is 1. The average molecular weight is 256 g/mol. The Kier molecular flexibility index (Phi) is 3.75. The van der Waals surface area contributed by atoms with Gasteiger partial charge in [-0.2, -0.15) is 4.37 Å². The van der Waals surface area contributed by atoms with Crippen LogP contribution in [-0.2, 0) is 0 Å². The number of rotatable bonds is 3. The first-order valence-electron chi connectivity index (χ1n) is 5.45. The summed E-state index contributed by atoms with van der Waals surface area (Å²) >= 11 is 1.41. The number of hydrogen-bond donors (Lipinski definition) is 2. The van der Waals surface area contributed by atoms with Crippen LogP contribution < -0.4 is 10.6 Å². The van der Waals surface area contributed by atoms with Crippen LogP contribution in [-0.4, -0.2) is 57.5 Å². The molecular formula is C9H16N6OS. The zero-order chi connectivity index (χ0) is 12.3. The molecule has 0 spiro atoms. The SMILES string of the molecule is CC(C(N)=NO)N1CCN(c2ncns2)CC1. The molecule has 1 unspecified atom stereocenters. The molecule has 0 bridgehead atoms. The van der Waals surface area contributed by atoms with Gasteiger partial charge in [0.05, 0.1) is 6.04 Å². The van der Waals surface area contributed by atoms with Crippen molar-refractivity contribution in [1.29, 1.82) is 0 Å². The monoisotopic (exact) mass is 256 g/mol. The number of piperazine rings is 1. The van der Waals surface area contributed by atoms with Gasteiger partial charge in [-0.05, 0) is 6.92 Å². The highest BCUT2D eigenvalue weighted by Gasteiger charge is 2.24. The Morgan fingerprint density at radius 2 is 2.24 bits per heavy atom. The fourth-order valence-electron chi connectivity index (χ4n) is 1.88. The second-order valence-corrected chi connectivity index (χ2v) is 4.71. The van der Waals surface area contributed by atoms with E-state index in [2.05, 4.69) is 24.3 Å². The smallest absolute Gasteiger partial charge is 0.205 e. The molecule has 1 fully saturated rings. The lowest BCUT2D eigenvalue weighted by molar-refractivity contribution is 0.230. The summed E-state index contributed by atoms with van der Waals surface area (Å²) in [5, 5.41) is 12.7. The molecule has 2 heterocycles. The van der Waals surface area contributed by atoms with Gasteiger partial charge in [0.25, 0.3) is 0 Å². The van der Waals surface area contributed by atoms with E-state index in [9.17, 15) is 0 Å². The summed E-state index contributed by atoms with van der Waals surface area (Å²) in [6, 6.07) is -0.0310. The normalized spacial score (nSPS) is 20.5. The second kappa shape index (κ2) is 5.28. The van der Waals surface area contributed by atoms with E-state index in [-0.39, 0.29) is 11.9 Å². The van der Waals surface area contributed by atoms with Crippen molar-refractivity contribution in [3.8, 4) is 0 Å². The predicted octanol–water partition coefficient (Wildman–Crippen LogP) is -0.205. The van der Waals surface area contributed by atoms with E-state index < -0.39 is 0 Å². The Labute approximate surface area is 104 Å². The van der Waals surface area contributed by atoms with E-state index in [1.54, 1.807) is 6.33 Å². The molecule has 0 amide bonds. The Hall–Kier alpha value is -1.41. The summed E-state index contributed by atoms with van der Waals surface area (Å²) in [7, 11) is 0. The van der Waals surface area contributed by atoms with Crippen LogP contribution in [0.25, 0.3) is 0 Å². The van der Waals surface area contributed by atoms with Gasteiger partial charge in [0, 0.05) is 37.7 Å². The predicted molar refractivity (Wildman–Crippen MR) is 66.6 cm³/mol. The molecule has 1 aliphatic heterocycles. The standard InChI is InChI=1S/C9H16N6OS/c1-7(8(10)13-16)14-2-4-15(5-3-14)9-11-6-12-17-9/h6-7,16H,2-5H2,1H3,(H2,10,13). The third kappa shape index (κ3) is 2.64. The topological polar surface area (TPSA) is 90.9 Å². The zero-order valence-corrected chi connectivity index (χ0v) is 10.5. The third-order valence-corrected chi connectivity index (χ3v) is 3.75. The first-order valence-corrected chi connectivity index (χ1v) is 6.23. The van der Waals surface area contributed by atoms with E-state index in [0.717, 1.165) is 31.3 Å². The zero-order valence-electron chi connectivity index (χ0n) is 9.65. The van der Waals surface area contributed by atoms with Gasteiger partial charge in [0.2, 0.25) is 5.13 Å². The minimum Gasteiger partial charge on any atom is -0.409 e. The first-order chi connectivity index (χ1) is 8.22. The quantitative estimate of drug-likeness (QED) is 0.337. The van der Waals surface area contributed by atoms with Crippen molar-refractivity contribution in [3.05, 3.63) is 6.33 Å². The fourth-order valence-corrected chi connectivity index (χ4v) is 2.46. The van der Waals surface area contributed by atoms with Crippen LogP contribution in [0.4, 0.5) is 5.13 Å². The molecule has 3 N–H and O–H groups in total. The van der Waals surface area contributed by atoms with Crippen molar-refractivity contribution < 1.29 is 5.21 Å². The number of aromatic nitrogens is 2. The van der Waals surface area contributed by atoms with Crippen LogP contribution in [0.5, 0.6) is 0 Å². The summed E-state index contributed by atoms with van der Waals surface area (Å²) in [5.74, 6) is 0.259. The van der Waals surface area contributed by atoms with Crippen LogP contribution in [0.15, 0.2) is 11.5 Å². The van der Waals surface area contributed by atoms with Gasteiger partial charge < -0.3 is 15.8 Å². The minimum absolute atomic E-state index is 0.0310. The van der Waals surface area contributed by atoms with Gasteiger partial charge in [-0.1, -0.05) is 5.16 Å². The van der Waals surface area contributed by atoms with Crippen molar-refractivity contribution in [1.82, 2.24) is 14.3 Å². The van der Waals surface area contributed by atoms with Crippen molar-refractivity contribution in [2.24, 2.45) is 10.9 Å². The fraction of sp³-hybridized carbons (Fsp3) is 0.667. The molecule has 1 saturated heterocycles. The van der Waals surface area contributed by atoms with E-state index in [0.29, 0.717) is 0 Å². The molecule has 1 aromatic rings. The van der Waals surface area contributed by atoms with Crippen LogP contribution in [0.3, 0.4) is 0 Å². The molecule has 0 saturated carbocycles. The minimum atomic E-state index is -0.0310. The lowest BCUT2D eigenvalue weighted by Gasteiger charge is -2.37. The maximum absolute atomic E-state index is 8.65. The Morgan fingerprint density at radius 1 is 1.53 bits per heavy atom. The Balaban J connectivity index is 1.90. The molecule has 1 aromatic heterocycles. The van der Waals surface area contributed by atoms with E-state index in [4.69, 9.17) is 10.9 Å². The molecule has 17 heavy (non-hydrogen) atoms. The summed E-state index contributed by atoms with van der Waals surface area (Å²) in [4.78, 5) is 8.58. The van der Waals surface area contributed by atoms with E-state index >= 15 is 0 Å². The lowest BCUT2D eigenvalue weighted by Crippen LogP contribution is -2.53. The maximum Gasteiger partial charge on any atom is 0.205 e. The molecule has 8 heteroatoms. The van der Waals surface area contributed by atoms with Crippen LogP contribution >= 0.6 is 11.5 Å². The maximum atomic E-state index is 8.65. The summed E-state index contributed by atoms with van der Waals surface area (Å²) < 4.78 is 4.00. The van der Waals surface area contributed by atoms with Gasteiger partial charge >= 0.3 is 0 Å². The molecular weight excluding hydrogens is 240 g/mol. The molecule has 0 aromatic carbocycles. The highest BCUT2D eigenvalue weighted by Crippen LogP contribution is 2.17. The number of nitrogens with two attached hydrogens (primary N) is 1. The van der Waals surface area contributed by atoms with Crippen LogP contribution in [0.2, 0.25) is 0 Å². The molecule has 2 rings (SSSR count). The highest BCUT2D eigenvalue weighted by atomic mass is 32.1. The van der Waals surface area contributed by atoms with Crippen molar-refractivity contribution in [2.75, 3.05) is 31.1 Å². The van der Waals surface area contributed by atoms with Gasteiger partial charge in [0.1, 0.15) is 6.33 Å². The van der Waals surface area contributed by atoms with Crippen molar-refractivity contribution in [3.63, 3.8) is 0 Å². The van der Waals surface area contributed by atoms with Crippen molar-refractivity contribution in [2.45, 2.75) is 13.0 Å². The Bertz CT molecular complexity index is 373. The number of nitrogens with zero attached hydrogens (tertiary/aromatic N) is 5. The summed E-state index contributed by atoms with van der Waals surface area (Å²) in [6.07, 6.45) is 1.57. The van der Waals surface area contributed by atoms with Crippen LogP contribution in [0, 0.1) is 0 Å². The summed E-state index contributed by atoms with van der Waals surface area (Å²) in [6.45, 7) is 5.46. The van der Waals surface area contributed by atoms with E-state index in [1.165, 1.54) is 11.5 Å². The molecule has 0 aliphatic carbocycles. The average Bonchev–Trinajstić information content (AvgIpc) is 2.91. The lowest BCUT2D eigenvalue weighted by atomic mass is 10.2. The molecule has 7 nitrogen and oxygen atoms in total. The Morgan fingerprint density at radius 3 is 2.76 bits per heavy atom. The molecule has 1 aliphatic rings. The third-order valence-electron chi connectivity index (χ3n) is 3.03. The van der Waals surface area contributed by atoms with Gasteiger partial charge in [0.15, 0.2) is 5.84 Å².